The second-order valence-corrected chi connectivity index (χ2v) is 6.02. The smallest absolute Gasteiger partial charge is 0.480 e. The van der Waals surface area contributed by atoms with Crippen LogP contribution >= 0.6 is 0 Å². The minimum atomic E-state index is -0.789. The quantitative estimate of drug-likeness (QED) is 0.483. The number of phenols is 3. The van der Waals surface area contributed by atoms with Gasteiger partial charge in [-0.15, -0.1) is 0 Å². The second-order valence-electron chi connectivity index (χ2n) is 6.02. The first kappa shape index (κ1) is 15.0. The average molecular weight is 281 g/mol. The van der Waals surface area contributed by atoms with E-state index in [1.54, 1.807) is 0 Å². The van der Waals surface area contributed by atoms with Crippen LogP contribution in [0.1, 0.15) is 39.2 Å². The topological polar surface area (TPSA) is 105 Å². The van der Waals surface area contributed by atoms with Gasteiger partial charge in [-0.05, 0) is 33.8 Å². The third kappa shape index (κ3) is 2.22. The van der Waals surface area contributed by atoms with Gasteiger partial charge in [0.2, 0.25) is 5.75 Å². The first-order chi connectivity index (χ1) is 9.07. The molecule has 0 unspecified atom stereocenters. The molecule has 20 heavy (non-hydrogen) atoms. The molecule has 1 aliphatic heterocycles. The highest BCUT2D eigenvalue weighted by Gasteiger charge is 2.53. The summed E-state index contributed by atoms with van der Waals surface area (Å²) < 4.78 is 11.6. The van der Waals surface area contributed by atoms with E-state index in [9.17, 15) is 15.3 Å². The van der Waals surface area contributed by atoms with Crippen molar-refractivity contribution in [2.75, 3.05) is 0 Å². The van der Waals surface area contributed by atoms with Crippen molar-refractivity contribution >= 4 is 7.12 Å². The molecule has 0 radical (unpaired) electrons. The number of phenolic OH excluding ortho intramolecular Hbond substituents is 3. The normalized spacial score (nSPS) is 21.9. The Kier molecular flexibility index (Phi) is 3.40. The molecular weight excluding hydrogens is 261 g/mol. The van der Waals surface area contributed by atoms with Crippen LogP contribution in [0.25, 0.3) is 0 Å². The van der Waals surface area contributed by atoms with Gasteiger partial charge < -0.3 is 30.4 Å². The lowest BCUT2D eigenvalue weighted by Crippen LogP contribution is -2.41. The highest BCUT2D eigenvalue weighted by molar-refractivity contribution is 6.47. The summed E-state index contributed by atoms with van der Waals surface area (Å²) in [6, 6.07) is 2.69. The lowest BCUT2D eigenvalue weighted by Gasteiger charge is -2.32. The minimum Gasteiger partial charge on any atom is -0.504 e. The van der Waals surface area contributed by atoms with Gasteiger partial charge in [-0.1, -0.05) is 6.07 Å². The molecule has 6 nitrogen and oxygen atoms in total. The van der Waals surface area contributed by atoms with Gasteiger partial charge in [0.1, 0.15) is 0 Å². The molecular formula is C13H20BNO5. The van der Waals surface area contributed by atoms with Gasteiger partial charge in [-0.2, -0.15) is 0 Å². The second kappa shape index (κ2) is 4.54. The van der Waals surface area contributed by atoms with E-state index >= 15 is 0 Å². The Bertz CT molecular complexity index is 516. The molecule has 7 heteroatoms. The third-order valence-electron chi connectivity index (χ3n) is 4.08. The molecule has 0 amide bonds. The Morgan fingerprint density at radius 1 is 1.00 bits per heavy atom. The minimum absolute atomic E-state index is 0.249. The molecule has 1 aliphatic rings. The van der Waals surface area contributed by atoms with Crippen LogP contribution in [-0.2, 0) is 9.31 Å². The molecule has 110 valence electrons. The van der Waals surface area contributed by atoms with Gasteiger partial charge in [-0.3, -0.25) is 0 Å². The molecule has 0 spiro atoms. The molecule has 1 heterocycles. The van der Waals surface area contributed by atoms with Crippen LogP contribution in [0.3, 0.4) is 0 Å². The van der Waals surface area contributed by atoms with Crippen molar-refractivity contribution in [3.8, 4) is 17.2 Å². The van der Waals surface area contributed by atoms with Crippen molar-refractivity contribution in [2.24, 2.45) is 5.73 Å². The van der Waals surface area contributed by atoms with Gasteiger partial charge >= 0.3 is 7.12 Å². The zero-order valence-electron chi connectivity index (χ0n) is 12.0. The van der Waals surface area contributed by atoms with Crippen LogP contribution in [0, 0.1) is 0 Å². The van der Waals surface area contributed by atoms with Crippen LogP contribution < -0.4 is 5.73 Å². The molecule has 0 saturated carbocycles. The summed E-state index contributed by atoms with van der Waals surface area (Å²) in [5, 5.41) is 28.7. The summed E-state index contributed by atoms with van der Waals surface area (Å²) in [4.78, 5) is 0. The Hall–Kier alpha value is -1.44. The van der Waals surface area contributed by atoms with Crippen LogP contribution in [0.15, 0.2) is 12.1 Å². The lowest BCUT2D eigenvalue weighted by molar-refractivity contribution is 0.00578. The van der Waals surface area contributed by atoms with E-state index in [1.807, 2.05) is 27.7 Å². The number of hydrogen-bond donors (Lipinski definition) is 4. The Morgan fingerprint density at radius 2 is 1.50 bits per heavy atom. The van der Waals surface area contributed by atoms with Gasteiger partial charge in [0.05, 0.1) is 17.1 Å². The SMILES string of the molecule is CC1(C)OB([C@H](N)c2ccc(O)c(O)c2O)OC1(C)C. The third-order valence-corrected chi connectivity index (χ3v) is 4.08. The molecule has 1 fully saturated rings. The van der Waals surface area contributed by atoms with Gasteiger partial charge in [-0.25, -0.2) is 0 Å². The monoisotopic (exact) mass is 281 g/mol. The predicted molar refractivity (Wildman–Crippen MR) is 74.4 cm³/mol. The van der Waals surface area contributed by atoms with Crippen LogP contribution in [0.2, 0.25) is 0 Å². The first-order valence-corrected chi connectivity index (χ1v) is 6.42. The molecule has 1 atom stereocenters. The van der Waals surface area contributed by atoms with Crippen molar-refractivity contribution in [2.45, 2.75) is 44.8 Å². The highest BCUT2D eigenvalue weighted by Crippen LogP contribution is 2.43. The van der Waals surface area contributed by atoms with Crippen molar-refractivity contribution in [1.82, 2.24) is 0 Å². The zero-order valence-corrected chi connectivity index (χ0v) is 12.0. The summed E-state index contributed by atoms with van der Waals surface area (Å²) in [6.07, 6.45) is 0. The summed E-state index contributed by atoms with van der Waals surface area (Å²) >= 11 is 0. The van der Waals surface area contributed by atoms with E-state index in [4.69, 9.17) is 15.0 Å². The van der Waals surface area contributed by atoms with E-state index in [-0.39, 0.29) is 5.56 Å². The maximum absolute atomic E-state index is 9.87. The van der Waals surface area contributed by atoms with E-state index in [1.165, 1.54) is 12.1 Å². The standard InChI is InChI=1S/C13H20BNO5/c1-12(2)13(3,4)20-14(19-12)11(15)7-5-6-8(16)10(18)9(7)17/h5-6,11,16-18H,15H2,1-4H3/t11-/m1/s1. The summed E-state index contributed by atoms with van der Waals surface area (Å²) in [6.45, 7) is 7.59. The number of aromatic hydroxyl groups is 3. The molecule has 1 saturated heterocycles. The van der Waals surface area contributed by atoms with Crippen LogP contribution in [0.4, 0.5) is 0 Å². The largest absolute Gasteiger partial charge is 0.504 e. The number of benzene rings is 1. The molecule has 1 aromatic rings. The fourth-order valence-corrected chi connectivity index (χ4v) is 2.04. The van der Waals surface area contributed by atoms with Crippen molar-refractivity contribution in [1.29, 1.82) is 0 Å². The summed E-state index contributed by atoms with van der Waals surface area (Å²) in [5.41, 5.74) is 5.23. The lowest BCUT2D eigenvalue weighted by atomic mass is 9.74. The molecule has 0 aromatic heterocycles. The van der Waals surface area contributed by atoms with Crippen LogP contribution in [-0.4, -0.2) is 33.6 Å². The van der Waals surface area contributed by atoms with E-state index < -0.39 is 41.5 Å². The van der Waals surface area contributed by atoms with E-state index in [0.717, 1.165) is 0 Å². The molecule has 5 N–H and O–H groups in total. The first-order valence-electron chi connectivity index (χ1n) is 6.42. The zero-order chi connectivity index (χ0) is 15.3. The van der Waals surface area contributed by atoms with Gasteiger partial charge in [0.25, 0.3) is 0 Å². The van der Waals surface area contributed by atoms with E-state index in [0.29, 0.717) is 0 Å². The predicted octanol–water partition coefficient (Wildman–Crippen LogP) is 1.43. The Balaban J connectivity index is 2.30. The Morgan fingerprint density at radius 3 is 2.00 bits per heavy atom. The Labute approximate surface area is 118 Å². The number of rotatable bonds is 2. The molecule has 0 bridgehead atoms. The maximum atomic E-state index is 9.87. The molecule has 1 aromatic carbocycles. The highest BCUT2D eigenvalue weighted by atomic mass is 16.7. The molecule has 0 aliphatic carbocycles. The van der Waals surface area contributed by atoms with E-state index in [2.05, 4.69) is 0 Å². The number of nitrogens with two attached hydrogens (primary N) is 1. The fraction of sp³-hybridized carbons (Fsp3) is 0.538. The summed E-state index contributed by atoms with van der Waals surface area (Å²) in [7, 11) is -0.755. The van der Waals surface area contributed by atoms with Crippen LogP contribution in [0.5, 0.6) is 17.2 Å². The van der Waals surface area contributed by atoms with Crippen molar-refractivity contribution in [3.63, 3.8) is 0 Å². The average Bonchev–Trinajstić information content (AvgIpc) is 2.55. The number of hydrogen-bond acceptors (Lipinski definition) is 6. The van der Waals surface area contributed by atoms with Gasteiger partial charge in [0.15, 0.2) is 11.5 Å². The maximum Gasteiger partial charge on any atom is 0.480 e. The van der Waals surface area contributed by atoms with Crippen molar-refractivity contribution in [3.05, 3.63) is 17.7 Å². The molecule has 2 rings (SSSR count). The summed E-state index contributed by atoms with van der Waals surface area (Å²) in [5.74, 6) is -2.27. The van der Waals surface area contributed by atoms with Gasteiger partial charge in [0, 0.05) is 5.56 Å². The van der Waals surface area contributed by atoms with Crippen molar-refractivity contribution < 1.29 is 24.6 Å². The fourth-order valence-electron chi connectivity index (χ4n) is 2.04.